The van der Waals surface area contributed by atoms with Crippen molar-refractivity contribution in [1.82, 2.24) is 4.98 Å². The van der Waals surface area contributed by atoms with Gasteiger partial charge < -0.3 is 10.2 Å². The number of benzene rings is 4. The molecule has 0 amide bonds. The highest BCUT2D eigenvalue weighted by Gasteiger charge is 2.12. The van der Waals surface area contributed by atoms with Gasteiger partial charge in [-0.15, -0.1) is 5.11 Å². The van der Waals surface area contributed by atoms with Crippen LogP contribution in [0.25, 0.3) is 32.9 Å². The Balaban J connectivity index is 1.48. The molecule has 0 aliphatic carbocycles. The van der Waals surface area contributed by atoms with Gasteiger partial charge in [-0.2, -0.15) is 5.11 Å². The molecule has 154 valence electrons. The Morgan fingerprint density at radius 1 is 0.750 bits per heavy atom. The topological polar surface area (TPSA) is 95.1 Å². The van der Waals surface area contributed by atoms with E-state index in [1.807, 2.05) is 42.5 Å². The van der Waals surface area contributed by atoms with Gasteiger partial charge >= 0.3 is 5.97 Å². The summed E-state index contributed by atoms with van der Waals surface area (Å²) in [6.07, 6.45) is 0. The SMILES string of the molecule is O=C(O)c1cc(-c2ccc(N=Nc3ccc(O)c4ccccc34)cc2)nc2ccccc12. The molecule has 1 heterocycles. The van der Waals surface area contributed by atoms with Crippen molar-refractivity contribution in [1.29, 1.82) is 0 Å². The van der Waals surface area contributed by atoms with Crippen LogP contribution in [0.4, 0.5) is 11.4 Å². The van der Waals surface area contributed by atoms with E-state index in [0.717, 1.165) is 16.3 Å². The summed E-state index contributed by atoms with van der Waals surface area (Å²) in [5.74, 6) is -0.788. The smallest absolute Gasteiger partial charge is 0.336 e. The fourth-order valence-electron chi connectivity index (χ4n) is 3.67. The number of para-hydroxylation sites is 1. The average molecular weight is 419 g/mol. The third kappa shape index (κ3) is 3.54. The number of hydrogen-bond acceptors (Lipinski definition) is 5. The van der Waals surface area contributed by atoms with Crippen LogP contribution in [0.5, 0.6) is 5.75 Å². The van der Waals surface area contributed by atoms with Crippen LogP contribution in [0.2, 0.25) is 0 Å². The van der Waals surface area contributed by atoms with Crippen molar-refractivity contribution in [2.75, 3.05) is 0 Å². The first kappa shape index (κ1) is 19.4. The van der Waals surface area contributed by atoms with E-state index in [-0.39, 0.29) is 11.3 Å². The molecule has 5 aromatic rings. The highest BCUT2D eigenvalue weighted by molar-refractivity contribution is 6.03. The van der Waals surface area contributed by atoms with Gasteiger partial charge in [-0.05, 0) is 36.4 Å². The molecule has 2 N–H and O–H groups in total. The lowest BCUT2D eigenvalue weighted by atomic mass is 10.0. The Hall–Kier alpha value is -4.58. The summed E-state index contributed by atoms with van der Waals surface area (Å²) in [5, 5.41) is 30.4. The van der Waals surface area contributed by atoms with Crippen LogP contribution >= 0.6 is 0 Å². The number of carbonyl (C=O) groups is 1. The van der Waals surface area contributed by atoms with E-state index >= 15 is 0 Å². The quantitative estimate of drug-likeness (QED) is 0.311. The lowest BCUT2D eigenvalue weighted by Gasteiger charge is -2.07. The summed E-state index contributed by atoms with van der Waals surface area (Å²) in [5.41, 5.74) is 3.51. The maximum atomic E-state index is 11.7. The molecule has 0 saturated heterocycles. The summed E-state index contributed by atoms with van der Waals surface area (Å²) < 4.78 is 0. The number of pyridine rings is 1. The lowest BCUT2D eigenvalue weighted by molar-refractivity contribution is 0.0699. The van der Waals surface area contributed by atoms with Gasteiger partial charge in [0, 0.05) is 21.7 Å². The van der Waals surface area contributed by atoms with Crippen molar-refractivity contribution in [2.24, 2.45) is 10.2 Å². The Kier molecular flexibility index (Phi) is 4.80. The Morgan fingerprint density at radius 3 is 2.19 bits per heavy atom. The van der Waals surface area contributed by atoms with E-state index in [0.29, 0.717) is 28.0 Å². The number of carboxylic acid groups (broad SMARTS) is 1. The largest absolute Gasteiger partial charge is 0.507 e. The van der Waals surface area contributed by atoms with Gasteiger partial charge in [0.1, 0.15) is 5.75 Å². The minimum absolute atomic E-state index is 0.201. The van der Waals surface area contributed by atoms with Gasteiger partial charge in [0.25, 0.3) is 0 Å². The Labute approximate surface area is 183 Å². The zero-order valence-electron chi connectivity index (χ0n) is 16.8. The number of azo groups is 1. The zero-order chi connectivity index (χ0) is 22.1. The summed E-state index contributed by atoms with van der Waals surface area (Å²) in [6, 6.07) is 26.9. The number of nitrogens with zero attached hydrogens (tertiary/aromatic N) is 3. The number of aromatic nitrogens is 1. The van der Waals surface area contributed by atoms with E-state index in [9.17, 15) is 15.0 Å². The second kappa shape index (κ2) is 7.92. The molecule has 0 aliphatic heterocycles. The number of phenols is 1. The van der Waals surface area contributed by atoms with Gasteiger partial charge in [0.2, 0.25) is 0 Å². The number of fused-ring (bicyclic) bond motifs is 2. The second-order valence-electron chi connectivity index (χ2n) is 7.27. The maximum Gasteiger partial charge on any atom is 0.336 e. The average Bonchev–Trinajstić information content (AvgIpc) is 2.83. The normalized spacial score (nSPS) is 11.4. The first-order valence-corrected chi connectivity index (χ1v) is 9.96. The molecule has 0 aliphatic rings. The van der Waals surface area contributed by atoms with Crippen molar-refractivity contribution in [3.05, 3.63) is 96.6 Å². The molecule has 0 saturated carbocycles. The van der Waals surface area contributed by atoms with Gasteiger partial charge in [0.05, 0.1) is 28.1 Å². The molecular weight excluding hydrogens is 402 g/mol. The molecule has 4 aromatic carbocycles. The molecule has 0 radical (unpaired) electrons. The summed E-state index contributed by atoms with van der Waals surface area (Å²) in [7, 11) is 0. The van der Waals surface area contributed by atoms with E-state index in [1.165, 1.54) is 0 Å². The third-order valence-electron chi connectivity index (χ3n) is 5.26. The monoisotopic (exact) mass is 419 g/mol. The molecule has 0 bridgehead atoms. The van der Waals surface area contributed by atoms with Crippen molar-refractivity contribution in [3.8, 4) is 17.0 Å². The second-order valence-corrected chi connectivity index (χ2v) is 7.27. The van der Waals surface area contributed by atoms with E-state index in [1.54, 1.807) is 48.5 Å². The molecule has 0 spiro atoms. The molecule has 6 nitrogen and oxygen atoms in total. The van der Waals surface area contributed by atoms with Crippen LogP contribution in [0.1, 0.15) is 10.4 Å². The minimum Gasteiger partial charge on any atom is -0.507 e. The molecule has 0 fully saturated rings. The maximum absolute atomic E-state index is 11.7. The van der Waals surface area contributed by atoms with E-state index < -0.39 is 5.97 Å². The van der Waals surface area contributed by atoms with Gasteiger partial charge in [-0.3, -0.25) is 0 Å². The van der Waals surface area contributed by atoms with Crippen LogP contribution in [0.3, 0.4) is 0 Å². The molecule has 0 atom stereocenters. The van der Waals surface area contributed by atoms with E-state index in [4.69, 9.17) is 0 Å². The first-order valence-electron chi connectivity index (χ1n) is 9.96. The summed E-state index contributed by atoms with van der Waals surface area (Å²) in [6.45, 7) is 0. The highest BCUT2D eigenvalue weighted by atomic mass is 16.4. The highest BCUT2D eigenvalue weighted by Crippen LogP contribution is 2.33. The van der Waals surface area contributed by atoms with Crippen LogP contribution in [0.15, 0.2) is 101 Å². The molecule has 6 heteroatoms. The minimum atomic E-state index is -0.989. The molecule has 0 unspecified atom stereocenters. The first-order chi connectivity index (χ1) is 15.6. The number of hydrogen-bond donors (Lipinski definition) is 2. The molecule has 32 heavy (non-hydrogen) atoms. The van der Waals surface area contributed by atoms with Crippen molar-refractivity contribution >= 4 is 39.0 Å². The van der Waals surface area contributed by atoms with Crippen LogP contribution < -0.4 is 0 Å². The van der Waals surface area contributed by atoms with Crippen LogP contribution in [-0.2, 0) is 0 Å². The summed E-state index contributed by atoms with van der Waals surface area (Å²) in [4.78, 5) is 16.3. The fraction of sp³-hybridized carbons (Fsp3) is 0. The van der Waals surface area contributed by atoms with Gasteiger partial charge in [0.15, 0.2) is 0 Å². The van der Waals surface area contributed by atoms with Crippen molar-refractivity contribution in [3.63, 3.8) is 0 Å². The molecule has 5 rings (SSSR count). The van der Waals surface area contributed by atoms with E-state index in [2.05, 4.69) is 15.2 Å². The number of aromatic hydroxyl groups is 1. The van der Waals surface area contributed by atoms with Crippen molar-refractivity contribution < 1.29 is 15.0 Å². The standard InChI is InChI=1S/C26H17N3O3/c30-25-14-13-23(18-5-1-2-7-20(18)25)29-28-17-11-9-16(10-12-17)24-15-21(26(31)32)19-6-3-4-8-22(19)27-24/h1-15,30H,(H,31,32). The summed E-state index contributed by atoms with van der Waals surface area (Å²) >= 11 is 0. The van der Waals surface area contributed by atoms with Gasteiger partial charge in [-0.1, -0.05) is 54.6 Å². The number of phenolic OH excluding ortho intramolecular Hbond substituents is 1. The predicted octanol–water partition coefficient (Wildman–Crippen LogP) is 6.87. The Morgan fingerprint density at radius 2 is 1.44 bits per heavy atom. The zero-order valence-corrected chi connectivity index (χ0v) is 16.8. The Bertz CT molecular complexity index is 1510. The van der Waals surface area contributed by atoms with Crippen LogP contribution in [-0.4, -0.2) is 21.2 Å². The number of rotatable bonds is 4. The van der Waals surface area contributed by atoms with Gasteiger partial charge in [-0.25, -0.2) is 9.78 Å². The molecular formula is C26H17N3O3. The van der Waals surface area contributed by atoms with Crippen LogP contribution in [0, 0.1) is 0 Å². The number of carboxylic acids is 1. The predicted molar refractivity (Wildman–Crippen MR) is 124 cm³/mol. The van der Waals surface area contributed by atoms with Crippen molar-refractivity contribution in [2.45, 2.75) is 0 Å². The lowest BCUT2D eigenvalue weighted by Crippen LogP contribution is -2.00. The third-order valence-corrected chi connectivity index (χ3v) is 5.26. The molecule has 1 aromatic heterocycles. The fourth-order valence-corrected chi connectivity index (χ4v) is 3.67. The number of aromatic carboxylic acids is 1.